The third kappa shape index (κ3) is 3.09. The predicted molar refractivity (Wildman–Crippen MR) is 69.8 cm³/mol. The van der Waals surface area contributed by atoms with E-state index in [1.807, 2.05) is 6.92 Å². The van der Waals surface area contributed by atoms with Gasteiger partial charge < -0.3 is 9.15 Å². The van der Waals surface area contributed by atoms with E-state index in [-0.39, 0.29) is 12.4 Å². The molecule has 3 nitrogen and oxygen atoms in total. The van der Waals surface area contributed by atoms with E-state index in [1.165, 1.54) is 6.92 Å². The van der Waals surface area contributed by atoms with E-state index in [0.717, 1.165) is 5.56 Å². The van der Waals surface area contributed by atoms with Crippen molar-refractivity contribution in [1.29, 1.82) is 0 Å². The topological polar surface area (TPSA) is 39.4 Å². The summed E-state index contributed by atoms with van der Waals surface area (Å²) in [6.07, 6.45) is -4.14. The van der Waals surface area contributed by atoms with Gasteiger partial charge in [0.1, 0.15) is 23.2 Å². The smallest absolute Gasteiger partial charge is 0.420 e. The maximum atomic E-state index is 13.0. The molecule has 0 N–H and O–H groups in total. The second-order valence-corrected chi connectivity index (χ2v) is 4.44. The van der Waals surface area contributed by atoms with Crippen molar-refractivity contribution in [3.05, 3.63) is 47.2 Å². The summed E-state index contributed by atoms with van der Waals surface area (Å²) in [5.41, 5.74) is -0.386. The van der Waals surface area contributed by atoms with Gasteiger partial charge in [0, 0.05) is 5.56 Å². The first-order valence-corrected chi connectivity index (χ1v) is 6.27. The van der Waals surface area contributed by atoms with Crippen molar-refractivity contribution < 1.29 is 27.1 Å². The van der Waals surface area contributed by atoms with Crippen LogP contribution in [0.5, 0.6) is 0 Å². The van der Waals surface area contributed by atoms with E-state index >= 15 is 0 Å². The summed E-state index contributed by atoms with van der Waals surface area (Å²) in [4.78, 5) is 11.9. The number of benzene rings is 1. The molecule has 2 rings (SSSR count). The molecule has 112 valence electrons. The number of hydrogen-bond donors (Lipinski definition) is 0. The van der Waals surface area contributed by atoms with Crippen LogP contribution in [0.4, 0.5) is 13.2 Å². The normalized spacial score (nSPS) is 11.5. The summed E-state index contributed by atoms with van der Waals surface area (Å²) in [6.45, 7) is 3.35. The molecule has 0 unspecified atom stereocenters. The van der Waals surface area contributed by atoms with Crippen LogP contribution in [0.2, 0.25) is 0 Å². The number of halogens is 3. The summed E-state index contributed by atoms with van der Waals surface area (Å²) in [5.74, 6) is -1.19. The van der Waals surface area contributed by atoms with Crippen molar-refractivity contribution in [1.82, 2.24) is 0 Å². The van der Waals surface area contributed by atoms with Crippen LogP contribution in [0.3, 0.4) is 0 Å². The number of rotatable bonds is 3. The Balaban J connectivity index is 2.58. The Kier molecular flexibility index (Phi) is 4.06. The first-order valence-electron chi connectivity index (χ1n) is 6.27. The van der Waals surface area contributed by atoms with Crippen LogP contribution in [0.25, 0.3) is 11.3 Å². The lowest BCUT2D eigenvalue weighted by atomic mass is 10.0. The van der Waals surface area contributed by atoms with Crippen molar-refractivity contribution in [2.75, 3.05) is 6.61 Å². The maximum absolute atomic E-state index is 13.0. The number of ether oxygens (including phenoxy) is 1. The third-order valence-electron chi connectivity index (χ3n) is 2.89. The van der Waals surface area contributed by atoms with Gasteiger partial charge in [0.25, 0.3) is 0 Å². The van der Waals surface area contributed by atoms with Gasteiger partial charge in [-0.05, 0) is 13.8 Å². The summed E-state index contributed by atoms with van der Waals surface area (Å²) < 4.78 is 48.6. The molecule has 0 radical (unpaired) electrons. The molecule has 0 aliphatic rings. The third-order valence-corrected chi connectivity index (χ3v) is 2.89. The molecule has 0 bridgehead atoms. The zero-order chi connectivity index (χ0) is 15.6. The van der Waals surface area contributed by atoms with E-state index in [1.54, 1.807) is 24.3 Å². The number of esters is 1. The number of carbonyl (C=O) groups is 1. The van der Waals surface area contributed by atoms with Crippen molar-refractivity contribution in [2.45, 2.75) is 20.0 Å². The summed E-state index contributed by atoms with van der Waals surface area (Å²) >= 11 is 0. The van der Waals surface area contributed by atoms with Gasteiger partial charge in [0.2, 0.25) is 0 Å². The average Bonchev–Trinajstić information content (AvgIpc) is 2.84. The minimum Gasteiger partial charge on any atom is -0.463 e. The molecule has 21 heavy (non-hydrogen) atoms. The van der Waals surface area contributed by atoms with Gasteiger partial charge in [-0.15, -0.1) is 0 Å². The van der Waals surface area contributed by atoms with Gasteiger partial charge >= 0.3 is 12.1 Å². The first-order chi connectivity index (χ1) is 9.84. The Morgan fingerprint density at radius 2 is 1.86 bits per heavy atom. The molecule has 0 atom stereocenters. The van der Waals surface area contributed by atoms with E-state index in [0.29, 0.717) is 11.8 Å². The van der Waals surface area contributed by atoms with Crippen LogP contribution in [0.1, 0.15) is 28.4 Å². The minimum atomic E-state index is -4.69. The van der Waals surface area contributed by atoms with Gasteiger partial charge in [-0.2, -0.15) is 13.2 Å². The molecular weight excluding hydrogens is 285 g/mol. The Morgan fingerprint density at radius 1 is 1.24 bits per heavy atom. The lowest BCUT2D eigenvalue weighted by Gasteiger charge is -2.08. The highest BCUT2D eigenvalue weighted by Gasteiger charge is 2.40. The van der Waals surface area contributed by atoms with Crippen LogP contribution in [0, 0.1) is 6.92 Å². The van der Waals surface area contributed by atoms with E-state index in [4.69, 9.17) is 9.15 Å². The molecule has 0 aliphatic carbocycles. The zero-order valence-corrected chi connectivity index (χ0v) is 11.5. The fourth-order valence-electron chi connectivity index (χ4n) is 1.89. The van der Waals surface area contributed by atoms with Crippen molar-refractivity contribution in [3.63, 3.8) is 0 Å². The second-order valence-electron chi connectivity index (χ2n) is 4.44. The number of carbonyl (C=O) groups excluding carboxylic acids is 1. The maximum Gasteiger partial charge on any atom is 0.420 e. The van der Waals surface area contributed by atoms with Crippen LogP contribution in [-0.2, 0) is 10.9 Å². The van der Waals surface area contributed by atoms with Crippen LogP contribution >= 0.6 is 0 Å². The molecular formula is C15H13F3O3. The minimum absolute atomic E-state index is 0.0192. The SMILES string of the molecule is CCOC(=O)c1c(C(F)(F)F)coc1-c1ccc(C)cc1. The van der Waals surface area contributed by atoms with Crippen molar-refractivity contribution >= 4 is 5.97 Å². The van der Waals surface area contributed by atoms with Gasteiger partial charge in [-0.3, -0.25) is 0 Å². The molecule has 1 aromatic carbocycles. The van der Waals surface area contributed by atoms with Gasteiger partial charge in [-0.1, -0.05) is 29.8 Å². The predicted octanol–water partition coefficient (Wildman–Crippen LogP) is 4.45. The summed E-state index contributed by atoms with van der Waals surface area (Å²) in [7, 11) is 0. The Morgan fingerprint density at radius 3 is 2.38 bits per heavy atom. The molecule has 0 saturated carbocycles. The summed E-state index contributed by atoms with van der Waals surface area (Å²) in [5, 5.41) is 0. The van der Waals surface area contributed by atoms with E-state index in [2.05, 4.69) is 0 Å². The standard InChI is InChI=1S/C15H13F3O3/c1-3-20-14(19)12-11(15(16,17)18)8-21-13(12)10-6-4-9(2)5-7-10/h4-8H,3H2,1-2H3. The molecule has 0 saturated heterocycles. The monoisotopic (exact) mass is 298 g/mol. The Bertz CT molecular complexity index is 639. The molecule has 0 fully saturated rings. The molecule has 1 heterocycles. The van der Waals surface area contributed by atoms with Crippen LogP contribution in [-0.4, -0.2) is 12.6 Å². The lowest BCUT2D eigenvalue weighted by molar-refractivity contribution is -0.138. The van der Waals surface area contributed by atoms with Gasteiger partial charge in [0.15, 0.2) is 0 Å². The molecule has 2 aromatic rings. The number of alkyl halides is 3. The number of hydrogen-bond acceptors (Lipinski definition) is 3. The van der Waals surface area contributed by atoms with Crippen molar-refractivity contribution in [3.8, 4) is 11.3 Å². The van der Waals surface area contributed by atoms with Gasteiger partial charge in [0.05, 0.1) is 6.61 Å². The number of furan rings is 1. The van der Waals surface area contributed by atoms with E-state index in [9.17, 15) is 18.0 Å². The number of aryl methyl sites for hydroxylation is 1. The molecule has 1 aromatic heterocycles. The second kappa shape index (κ2) is 5.63. The highest BCUT2D eigenvalue weighted by Crippen LogP contribution is 2.38. The zero-order valence-electron chi connectivity index (χ0n) is 11.5. The molecule has 6 heteroatoms. The first kappa shape index (κ1) is 15.2. The Hall–Kier alpha value is -2.24. The lowest BCUT2D eigenvalue weighted by Crippen LogP contribution is -2.13. The Labute approximate surface area is 119 Å². The fourth-order valence-corrected chi connectivity index (χ4v) is 1.89. The summed E-state index contributed by atoms with van der Waals surface area (Å²) in [6, 6.07) is 6.63. The highest BCUT2D eigenvalue weighted by molar-refractivity contribution is 5.97. The van der Waals surface area contributed by atoms with Crippen LogP contribution in [0.15, 0.2) is 34.9 Å². The van der Waals surface area contributed by atoms with Gasteiger partial charge in [-0.25, -0.2) is 4.79 Å². The van der Waals surface area contributed by atoms with Crippen molar-refractivity contribution in [2.24, 2.45) is 0 Å². The van der Waals surface area contributed by atoms with E-state index < -0.39 is 23.3 Å². The van der Waals surface area contributed by atoms with Crippen LogP contribution < -0.4 is 0 Å². The molecule has 0 amide bonds. The molecule has 0 spiro atoms. The largest absolute Gasteiger partial charge is 0.463 e. The highest BCUT2D eigenvalue weighted by atomic mass is 19.4. The average molecular weight is 298 g/mol. The fraction of sp³-hybridized carbons (Fsp3) is 0.267. The quantitative estimate of drug-likeness (QED) is 0.786. The molecule has 0 aliphatic heterocycles.